The Morgan fingerprint density at radius 3 is 2.77 bits per heavy atom. The van der Waals surface area contributed by atoms with Crippen molar-refractivity contribution in [2.75, 3.05) is 35.2 Å². The number of nitrogens with one attached hydrogen (secondary N) is 1. The van der Waals surface area contributed by atoms with Gasteiger partial charge in [0, 0.05) is 48.2 Å². The van der Waals surface area contributed by atoms with Gasteiger partial charge >= 0.3 is 0 Å². The fourth-order valence-corrected chi connectivity index (χ4v) is 5.67. The molecule has 15 heteroatoms. The van der Waals surface area contributed by atoms with Crippen LogP contribution in [0.1, 0.15) is 46.7 Å². The molecule has 6 rings (SSSR count). The number of benzene rings is 3. The summed E-state index contributed by atoms with van der Waals surface area (Å²) in [6, 6.07) is 18.1. The smallest absolute Gasteiger partial charge is 0.293 e. The molecule has 0 atom stereocenters. The molecule has 0 saturated heterocycles. The Morgan fingerprint density at radius 1 is 1.17 bits per heavy atom. The lowest BCUT2D eigenvalue weighted by Crippen LogP contribution is -2.26. The van der Waals surface area contributed by atoms with Crippen LogP contribution in [0.2, 0.25) is 5.02 Å². The van der Waals surface area contributed by atoms with Crippen LogP contribution in [0.4, 0.5) is 21.6 Å². The summed E-state index contributed by atoms with van der Waals surface area (Å²) in [5, 5.41) is 20.2. The molecule has 0 unspecified atom stereocenters. The van der Waals surface area contributed by atoms with Crippen LogP contribution >= 0.6 is 11.6 Å². The molecule has 2 aromatic heterocycles. The maximum absolute atomic E-state index is 14.5. The Morgan fingerprint density at radius 2 is 2.00 bits per heavy atom. The van der Waals surface area contributed by atoms with Gasteiger partial charge in [-0.3, -0.25) is 4.79 Å². The van der Waals surface area contributed by atoms with Crippen LogP contribution < -0.4 is 25.7 Å². The monoisotopic (exact) mass is 658 g/mol. The molecule has 3 heterocycles. The van der Waals surface area contributed by atoms with Crippen LogP contribution in [-0.4, -0.2) is 57.1 Å². The summed E-state index contributed by atoms with van der Waals surface area (Å²) < 4.78 is 26.7. The summed E-state index contributed by atoms with van der Waals surface area (Å²) in [6.45, 7) is 6.57. The van der Waals surface area contributed by atoms with Gasteiger partial charge in [0.05, 0.1) is 23.5 Å². The molecule has 1 amide bonds. The highest BCUT2D eigenvalue weighted by Gasteiger charge is 2.28. The number of fused-ring (bicyclic) bond motifs is 1. The molecule has 0 spiro atoms. The lowest BCUT2D eigenvalue weighted by atomic mass is 10.1. The predicted molar refractivity (Wildman–Crippen MR) is 176 cm³/mol. The summed E-state index contributed by atoms with van der Waals surface area (Å²) in [4.78, 5) is 17.8. The number of rotatable bonds is 12. The zero-order valence-corrected chi connectivity index (χ0v) is 26.5. The second-order valence-electron chi connectivity index (χ2n) is 10.7. The number of anilines is 3. The third kappa shape index (κ3) is 6.58. The molecule has 0 fully saturated rings. The van der Waals surface area contributed by atoms with E-state index in [1.807, 2.05) is 36.4 Å². The number of carbonyl (C=O) groups excluding carboxylic acids is 1. The van der Waals surface area contributed by atoms with E-state index in [2.05, 4.69) is 60.9 Å². The molecule has 242 valence electrons. The number of halogens is 2. The van der Waals surface area contributed by atoms with Crippen LogP contribution in [0.3, 0.4) is 0 Å². The number of amides is 1. The van der Waals surface area contributed by atoms with E-state index in [0.717, 1.165) is 37.4 Å². The van der Waals surface area contributed by atoms with Crippen molar-refractivity contribution in [1.29, 1.82) is 0 Å². The molecule has 0 saturated carbocycles. The number of hydrogen-bond donors (Lipinski definition) is 2. The number of nitrogen functional groups attached to an aromatic ring is 1. The molecule has 1 aliphatic heterocycles. The summed E-state index contributed by atoms with van der Waals surface area (Å²) >= 11 is 6.24. The number of nitrogens with zero attached hydrogens (tertiary/aromatic N) is 8. The quantitative estimate of drug-likeness (QED) is 0.141. The van der Waals surface area contributed by atoms with Gasteiger partial charge in [0.1, 0.15) is 18.2 Å². The number of carbonyl (C=O) groups is 1. The van der Waals surface area contributed by atoms with Crippen LogP contribution in [0.25, 0.3) is 5.82 Å². The van der Waals surface area contributed by atoms with Crippen molar-refractivity contribution in [2.24, 2.45) is 5.10 Å². The first-order valence-electron chi connectivity index (χ1n) is 15.0. The molecule has 13 nitrogen and oxygen atoms in total. The van der Waals surface area contributed by atoms with E-state index in [1.54, 1.807) is 6.07 Å². The number of hydrogen-bond acceptors (Lipinski definition) is 11. The summed E-state index contributed by atoms with van der Waals surface area (Å²) in [5.41, 5.74) is 12.9. The standard InChI is InChI=1S/C32H32ClFN10O3/c1-3-42(4-2)22-13-12-21(28(16-22)46-19-23-24(33)9-7-10-25(23)34)17-36-38-32(45)29-27(44(41-37-29)31-30(35)39-47-40-31)18-43-15-14-20-8-5-6-11-26(20)43/h5-13,16-17H,3-4,14-15,18-19H2,1-2H3,(H2,35,39)(H,38,45)/b36-17+. The number of hydrazone groups is 1. The van der Waals surface area contributed by atoms with Crippen LogP contribution in [0.5, 0.6) is 5.75 Å². The Balaban J connectivity index is 1.26. The largest absolute Gasteiger partial charge is 0.488 e. The van der Waals surface area contributed by atoms with Gasteiger partial charge in [-0.25, -0.2) is 14.4 Å². The SMILES string of the molecule is CCN(CC)c1ccc(/C=N/NC(=O)c2nnn(-c3nonc3N)c2CN2CCc3ccccc32)c(OCc2c(F)cccc2Cl)c1. The lowest BCUT2D eigenvalue weighted by molar-refractivity contribution is 0.0949. The van der Waals surface area contributed by atoms with Crippen molar-refractivity contribution in [2.45, 2.75) is 33.4 Å². The molecule has 5 aromatic rings. The van der Waals surface area contributed by atoms with Gasteiger partial charge in [-0.2, -0.15) is 9.78 Å². The molecule has 0 aliphatic carbocycles. The number of aromatic nitrogens is 5. The van der Waals surface area contributed by atoms with Gasteiger partial charge in [-0.1, -0.05) is 41.1 Å². The molecule has 0 bridgehead atoms. The van der Waals surface area contributed by atoms with Crippen molar-refractivity contribution in [1.82, 2.24) is 30.7 Å². The average Bonchev–Trinajstić information content (AvgIpc) is 3.81. The molecule has 3 N–H and O–H groups in total. The van der Waals surface area contributed by atoms with Gasteiger partial charge in [0.15, 0.2) is 5.69 Å². The number of nitrogens with two attached hydrogens (primary N) is 1. The van der Waals surface area contributed by atoms with Gasteiger partial charge in [0.25, 0.3) is 5.91 Å². The zero-order valence-electron chi connectivity index (χ0n) is 25.7. The van der Waals surface area contributed by atoms with Gasteiger partial charge < -0.3 is 20.3 Å². The molecular weight excluding hydrogens is 627 g/mol. The van der Waals surface area contributed by atoms with Crippen LogP contribution in [-0.2, 0) is 19.6 Å². The Bertz CT molecular complexity index is 1900. The van der Waals surface area contributed by atoms with E-state index >= 15 is 0 Å². The van der Waals surface area contributed by atoms with E-state index in [1.165, 1.54) is 28.6 Å². The van der Waals surface area contributed by atoms with Gasteiger partial charge in [-0.15, -0.1) is 5.10 Å². The van der Waals surface area contributed by atoms with E-state index < -0.39 is 11.7 Å². The third-order valence-electron chi connectivity index (χ3n) is 7.93. The van der Waals surface area contributed by atoms with Crippen molar-refractivity contribution in [3.05, 3.63) is 99.6 Å². The second kappa shape index (κ2) is 13.9. The molecule has 3 aromatic carbocycles. The third-order valence-corrected chi connectivity index (χ3v) is 8.28. The highest BCUT2D eigenvalue weighted by molar-refractivity contribution is 6.31. The topological polar surface area (TPSA) is 153 Å². The first kappa shape index (κ1) is 31.5. The first-order chi connectivity index (χ1) is 22.9. The molecule has 0 radical (unpaired) electrons. The van der Waals surface area contributed by atoms with Crippen molar-refractivity contribution < 1.29 is 18.6 Å². The van der Waals surface area contributed by atoms with Crippen LogP contribution in [0.15, 0.2) is 70.4 Å². The molecule has 47 heavy (non-hydrogen) atoms. The average molecular weight is 659 g/mol. The van der Waals surface area contributed by atoms with E-state index in [-0.39, 0.29) is 41.1 Å². The highest BCUT2D eigenvalue weighted by atomic mass is 35.5. The van der Waals surface area contributed by atoms with Crippen molar-refractivity contribution in [3.63, 3.8) is 0 Å². The normalized spacial score (nSPS) is 12.5. The minimum atomic E-state index is -0.606. The zero-order chi connectivity index (χ0) is 32.9. The predicted octanol–water partition coefficient (Wildman–Crippen LogP) is 4.78. The van der Waals surface area contributed by atoms with E-state index in [9.17, 15) is 9.18 Å². The molecule has 1 aliphatic rings. The Hall–Kier alpha value is -5.50. The fourth-order valence-electron chi connectivity index (χ4n) is 5.45. The maximum Gasteiger partial charge on any atom is 0.293 e. The first-order valence-corrected chi connectivity index (χ1v) is 15.4. The van der Waals surface area contributed by atoms with Crippen LogP contribution in [0, 0.1) is 5.82 Å². The Labute approximate surface area is 274 Å². The Kier molecular flexibility index (Phi) is 9.29. The van der Waals surface area contributed by atoms with Gasteiger partial charge in [-0.05, 0) is 66.5 Å². The number of para-hydroxylation sites is 1. The summed E-state index contributed by atoms with van der Waals surface area (Å²) in [6.07, 6.45) is 2.31. The second-order valence-corrected chi connectivity index (χ2v) is 11.1. The van der Waals surface area contributed by atoms with Crippen molar-refractivity contribution in [3.8, 4) is 11.6 Å². The lowest BCUT2D eigenvalue weighted by Gasteiger charge is -2.22. The minimum absolute atomic E-state index is 0.000287. The van der Waals surface area contributed by atoms with Gasteiger partial charge in [0.2, 0.25) is 11.6 Å². The fraction of sp³-hybridized carbons (Fsp3) is 0.250. The minimum Gasteiger partial charge on any atom is -0.488 e. The highest BCUT2D eigenvalue weighted by Crippen LogP contribution is 2.31. The van der Waals surface area contributed by atoms with E-state index in [0.29, 0.717) is 17.0 Å². The summed E-state index contributed by atoms with van der Waals surface area (Å²) in [7, 11) is 0. The summed E-state index contributed by atoms with van der Waals surface area (Å²) in [5.74, 6) is -0.525. The van der Waals surface area contributed by atoms with E-state index in [4.69, 9.17) is 26.7 Å². The number of ether oxygens (including phenoxy) is 1. The maximum atomic E-state index is 14.5. The molecular formula is C32H32ClFN10O3. The van der Waals surface area contributed by atoms with Crippen molar-refractivity contribution >= 4 is 40.9 Å².